The van der Waals surface area contributed by atoms with Crippen LogP contribution in [-0.4, -0.2) is 5.11 Å². The number of furan rings is 1. The van der Waals surface area contributed by atoms with E-state index in [0.717, 1.165) is 18.6 Å². The zero-order chi connectivity index (χ0) is 9.68. The molecular weight excluding hydrogens is 164 g/mol. The summed E-state index contributed by atoms with van der Waals surface area (Å²) in [6, 6.07) is 1.72. The standard InChI is InChI=1S/C11H18O2/c1-3-4-5-6-7-10-8-11(12)9(2)13-10/h8,12H,3-7H2,1-2H3. The Bertz CT molecular complexity index is 231. The first-order chi connectivity index (χ1) is 6.24. The van der Waals surface area contributed by atoms with Gasteiger partial charge in [-0.3, -0.25) is 0 Å². The van der Waals surface area contributed by atoms with Crippen molar-refractivity contribution in [3.63, 3.8) is 0 Å². The summed E-state index contributed by atoms with van der Waals surface area (Å²) < 4.78 is 5.34. The summed E-state index contributed by atoms with van der Waals surface area (Å²) in [6.07, 6.45) is 5.88. The lowest BCUT2D eigenvalue weighted by Crippen LogP contribution is -1.81. The molecule has 0 unspecified atom stereocenters. The van der Waals surface area contributed by atoms with Gasteiger partial charge in [0, 0.05) is 12.5 Å². The Labute approximate surface area is 79.6 Å². The monoisotopic (exact) mass is 182 g/mol. The summed E-state index contributed by atoms with van der Waals surface area (Å²) in [7, 11) is 0. The fourth-order valence-electron chi connectivity index (χ4n) is 1.38. The highest BCUT2D eigenvalue weighted by Gasteiger charge is 2.04. The molecule has 2 heteroatoms. The van der Waals surface area contributed by atoms with Crippen molar-refractivity contribution in [2.45, 2.75) is 46.0 Å². The van der Waals surface area contributed by atoms with Gasteiger partial charge in [-0.2, -0.15) is 0 Å². The second kappa shape index (κ2) is 4.95. The van der Waals surface area contributed by atoms with Crippen molar-refractivity contribution >= 4 is 0 Å². The van der Waals surface area contributed by atoms with Crippen LogP contribution in [0.25, 0.3) is 0 Å². The van der Waals surface area contributed by atoms with Crippen LogP contribution < -0.4 is 0 Å². The minimum atomic E-state index is 0.283. The lowest BCUT2D eigenvalue weighted by molar-refractivity contribution is 0.429. The van der Waals surface area contributed by atoms with Crippen LogP contribution in [-0.2, 0) is 6.42 Å². The molecule has 0 aliphatic heterocycles. The van der Waals surface area contributed by atoms with E-state index in [9.17, 15) is 5.11 Å². The lowest BCUT2D eigenvalue weighted by atomic mass is 10.1. The normalized spacial score (nSPS) is 10.6. The maximum atomic E-state index is 9.25. The predicted molar refractivity (Wildman–Crippen MR) is 53.0 cm³/mol. The fourth-order valence-corrected chi connectivity index (χ4v) is 1.38. The molecule has 0 aliphatic carbocycles. The fraction of sp³-hybridized carbons (Fsp3) is 0.636. The molecule has 0 atom stereocenters. The van der Waals surface area contributed by atoms with Crippen LogP contribution in [0.5, 0.6) is 5.75 Å². The minimum absolute atomic E-state index is 0.283. The van der Waals surface area contributed by atoms with E-state index in [1.807, 2.05) is 0 Å². The highest BCUT2D eigenvalue weighted by molar-refractivity contribution is 5.25. The molecule has 1 aromatic heterocycles. The van der Waals surface area contributed by atoms with Gasteiger partial charge in [0.1, 0.15) is 11.5 Å². The van der Waals surface area contributed by atoms with Crippen molar-refractivity contribution in [2.24, 2.45) is 0 Å². The predicted octanol–water partition coefficient (Wildman–Crippen LogP) is 3.42. The zero-order valence-electron chi connectivity index (χ0n) is 8.47. The van der Waals surface area contributed by atoms with Gasteiger partial charge in [-0.05, 0) is 13.3 Å². The summed E-state index contributed by atoms with van der Waals surface area (Å²) in [5.41, 5.74) is 0. The van der Waals surface area contributed by atoms with E-state index in [0.29, 0.717) is 5.76 Å². The largest absolute Gasteiger partial charge is 0.504 e. The lowest BCUT2D eigenvalue weighted by Gasteiger charge is -1.95. The molecule has 0 aromatic carbocycles. The average molecular weight is 182 g/mol. The van der Waals surface area contributed by atoms with Crippen LogP contribution >= 0.6 is 0 Å². The Morgan fingerprint density at radius 3 is 2.62 bits per heavy atom. The van der Waals surface area contributed by atoms with E-state index in [1.165, 1.54) is 19.3 Å². The highest BCUT2D eigenvalue weighted by Crippen LogP contribution is 2.22. The van der Waals surface area contributed by atoms with Crippen molar-refractivity contribution in [1.29, 1.82) is 0 Å². The van der Waals surface area contributed by atoms with Gasteiger partial charge in [0.05, 0.1) is 0 Å². The summed E-state index contributed by atoms with van der Waals surface area (Å²) in [4.78, 5) is 0. The zero-order valence-corrected chi connectivity index (χ0v) is 8.47. The first-order valence-corrected chi connectivity index (χ1v) is 5.02. The number of rotatable bonds is 5. The Morgan fingerprint density at radius 1 is 1.31 bits per heavy atom. The molecule has 0 saturated carbocycles. The number of hydrogen-bond donors (Lipinski definition) is 1. The molecule has 13 heavy (non-hydrogen) atoms. The van der Waals surface area contributed by atoms with Gasteiger partial charge in [0.2, 0.25) is 0 Å². The van der Waals surface area contributed by atoms with E-state index in [2.05, 4.69) is 6.92 Å². The molecular formula is C11H18O2. The molecule has 0 amide bonds. The van der Waals surface area contributed by atoms with Gasteiger partial charge in [-0.25, -0.2) is 0 Å². The molecule has 1 N–H and O–H groups in total. The molecule has 1 aromatic rings. The van der Waals surface area contributed by atoms with E-state index < -0.39 is 0 Å². The smallest absolute Gasteiger partial charge is 0.156 e. The van der Waals surface area contributed by atoms with Gasteiger partial charge < -0.3 is 9.52 Å². The topological polar surface area (TPSA) is 33.4 Å². The third-order valence-electron chi connectivity index (χ3n) is 2.22. The molecule has 2 nitrogen and oxygen atoms in total. The first-order valence-electron chi connectivity index (χ1n) is 5.02. The average Bonchev–Trinajstić information content (AvgIpc) is 2.41. The maximum absolute atomic E-state index is 9.25. The molecule has 1 heterocycles. The first kappa shape index (κ1) is 10.2. The summed E-state index contributed by atoms with van der Waals surface area (Å²) in [6.45, 7) is 3.98. The summed E-state index contributed by atoms with van der Waals surface area (Å²) >= 11 is 0. The Kier molecular flexibility index (Phi) is 3.87. The van der Waals surface area contributed by atoms with Gasteiger partial charge in [-0.1, -0.05) is 26.2 Å². The number of hydrogen-bond acceptors (Lipinski definition) is 2. The van der Waals surface area contributed by atoms with Gasteiger partial charge in [0.25, 0.3) is 0 Å². The molecule has 0 saturated heterocycles. The summed E-state index contributed by atoms with van der Waals surface area (Å²) in [5, 5.41) is 9.25. The molecule has 0 radical (unpaired) electrons. The Morgan fingerprint density at radius 2 is 2.08 bits per heavy atom. The number of unbranched alkanes of at least 4 members (excludes halogenated alkanes) is 3. The maximum Gasteiger partial charge on any atom is 0.156 e. The van der Waals surface area contributed by atoms with Gasteiger partial charge >= 0.3 is 0 Å². The molecule has 0 bridgehead atoms. The minimum Gasteiger partial charge on any atom is -0.504 e. The van der Waals surface area contributed by atoms with Crippen molar-refractivity contribution in [2.75, 3.05) is 0 Å². The van der Waals surface area contributed by atoms with E-state index >= 15 is 0 Å². The molecule has 74 valence electrons. The van der Waals surface area contributed by atoms with Crippen molar-refractivity contribution in [3.05, 3.63) is 17.6 Å². The van der Waals surface area contributed by atoms with Gasteiger partial charge in [-0.15, -0.1) is 0 Å². The summed E-state index contributed by atoms with van der Waals surface area (Å²) in [5.74, 6) is 1.82. The van der Waals surface area contributed by atoms with Gasteiger partial charge in [0.15, 0.2) is 5.75 Å². The number of aromatic hydroxyl groups is 1. The highest BCUT2D eigenvalue weighted by atomic mass is 16.4. The van der Waals surface area contributed by atoms with Crippen molar-refractivity contribution < 1.29 is 9.52 Å². The third kappa shape index (κ3) is 3.13. The van der Waals surface area contributed by atoms with Crippen molar-refractivity contribution in [1.82, 2.24) is 0 Å². The van der Waals surface area contributed by atoms with Crippen LogP contribution in [0.4, 0.5) is 0 Å². The third-order valence-corrected chi connectivity index (χ3v) is 2.22. The molecule has 0 aliphatic rings. The van der Waals surface area contributed by atoms with E-state index in [1.54, 1.807) is 13.0 Å². The van der Waals surface area contributed by atoms with Crippen LogP contribution in [0, 0.1) is 6.92 Å². The molecule has 1 rings (SSSR count). The van der Waals surface area contributed by atoms with Crippen LogP contribution in [0.15, 0.2) is 10.5 Å². The molecule has 0 spiro atoms. The van der Waals surface area contributed by atoms with E-state index in [4.69, 9.17) is 4.42 Å². The van der Waals surface area contributed by atoms with Crippen LogP contribution in [0.1, 0.15) is 44.1 Å². The number of aryl methyl sites for hydroxylation is 2. The second-order valence-electron chi connectivity index (χ2n) is 3.46. The Balaban J connectivity index is 2.29. The van der Waals surface area contributed by atoms with Crippen LogP contribution in [0.2, 0.25) is 0 Å². The van der Waals surface area contributed by atoms with E-state index in [-0.39, 0.29) is 5.75 Å². The van der Waals surface area contributed by atoms with Crippen molar-refractivity contribution in [3.8, 4) is 5.75 Å². The second-order valence-corrected chi connectivity index (χ2v) is 3.46. The quantitative estimate of drug-likeness (QED) is 0.708. The SMILES string of the molecule is CCCCCCc1cc(O)c(C)o1. The van der Waals surface area contributed by atoms with Crippen LogP contribution in [0.3, 0.4) is 0 Å². The molecule has 0 fully saturated rings. The Hall–Kier alpha value is -0.920.